The molecule has 0 spiro atoms. The molecule has 2 unspecified atom stereocenters. The maximum absolute atomic E-state index is 13.8. The first kappa shape index (κ1) is 20.7. The number of methoxy groups -OCH3 is 1. The van der Waals surface area contributed by atoms with Crippen molar-refractivity contribution in [1.29, 1.82) is 0 Å². The van der Waals surface area contributed by atoms with Crippen LogP contribution in [0.25, 0.3) is 33.1 Å². The minimum absolute atomic E-state index is 0.00768. The van der Waals surface area contributed by atoms with Gasteiger partial charge in [-0.1, -0.05) is 48.9 Å². The number of hydrogen-bond donors (Lipinski definition) is 1. The third kappa shape index (κ3) is 3.78. The average molecular weight is 428 g/mol. The second-order valence-electron chi connectivity index (χ2n) is 8.90. The van der Waals surface area contributed by atoms with E-state index < -0.39 is 0 Å². The van der Waals surface area contributed by atoms with E-state index >= 15 is 0 Å². The van der Waals surface area contributed by atoms with Gasteiger partial charge in [0, 0.05) is 12.1 Å². The van der Waals surface area contributed by atoms with E-state index in [-0.39, 0.29) is 5.56 Å². The predicted octanol–water partition coefficient (Wildman–Crippen LogP) is 4.99. The topological polar surface area (TPSA) is 70.1 Å². The minimum Gasteiger partial charge on any atom is -0.497 e. The summed E-state index contributed by atoms with van der Waals surface area (Å²) in [6.45, 7) is 1.38. The fourth-order valence-electron chi connectivity index (χ4n) is 5.16. The molecule has 1 saturated carbocycles. The zero-order valence-electron chi connectivity index (χ0n) is 18.5. The molecule has 2 atom stereocenters. The van der Waals surface area contributed by atoms with E-state index in [9.17, 15) is 4.79 Å². The molecule has 0 aliphatic heterocycles. The molecular formula is C27H29N3O2. The molecule has 5 heteroatoms. The van der Waals surface area contributed by atoms with Gasteiger partial charge in [-0.15, -0.1) is 0 Å². The van der Waals surface area contributed by atoms with Crippen molar-refractivity contribution in [3.63, 3.8) is 0 Å². The summed E-state index contributed by atoms with van der Waals surface area (Å²) in [5.41, 5.74) is 7.66. The lowest BCUT2D eigenvalue weighted by atomic mass is 9.81. The Labute approximate surface area is 187 Å². The highest BCUT2D eigenvalue weighted by molar-refractivity contribution is 5.96. The van der Waals surface area contributed by atoms with Crippen molar-refractivity contribution in [2.75, 3.05) is 13.7 Å². The van der Waals surface area contributed by atoms with Crippen LogP contribution in [-0.4, -0.2) is 23.2 Å². The first-order chi connectivity index (χ1) is 15.7. The number of rotatable bonds is 5. The number of nitrogens with zero attached hydrogens (tertiary/aromatic N) is 2. The lowest BCUT2D eigenvalue weighted by Crippen LogP contribution is -2.30. The Balaban J connectivity index is 1.72. The van der Waals surface area contributed by atoms with Gasteiger partial charge in [0.1, 0.15) is 11.6 Å². The zero-order valence-corrected chi connectivity index (χ0v) is 18.5. The van der Waals surface area contributed by atoms with Crippen molar-refractivity contribution in [2.45, 2.75) is 32.2 Å². The van der Waals surface area contributed by atoms with E-state index in [1.807, 2.05) is 34.9 Å². The van der Waals surface area contributed by atoms with Crippen LogP contribution in [0.1, 0.15) is 25.7 Å². The molecule has 4 aromatic rings. The lowest BCUT2D eigenvalue weighted by Gasteiger charge is -2.29. The number of fused-ring (bicyclic) bond motifs is 2. The molecule has 1 aliphatic rings. The van der Waals surface area contributed by atoms with Crippen LogP contribution in [0.3, 0.4) is 0 Å². The van der Waals surface area contributed by atoms with Gasteiger partial charge in [0.05, 0.1) is 18.0 Å². The van der Waals surface area contributed by atoms with Gasteiger partial charge in [0.15, 0.2) is 0 Å². The van der Waals surface area contributed by atoms with Crippen molar-refractivity contribution in [3.05, 3.63) is 71.0 Å². The predicted molar refractivity (Wildman–Crippen MR) is 130 cm³/mol. The van der Waals surface area contributed by atoms with Crippen molar-refractivity contribution in [3.8, 4) is 17.1 Å². The molecule has 1 aromatic heterocycles. The Morgan fingerprint density at radius 1 is 1.03 bits per heavy atom. The molecule has 3 aromatic carbocycles. The first-order valence-electron chi connectivity index (χ1n) is 11.4. The van der Waals surface area contributed by atoms with E-state index in [0.29, 0.717) is 35.0 Å². The summed E-state index contributed by atoms with van der Waals surface area (Å²) >= 11 is 0. The Morgan fingerprint density at radius 2 is 1.84 bits per heavy atom. The lowest BCUT2D eigenvalue weighted by molar-refractivity contribution is 0.246. The summed E-state index contributed by atoms with van der Waals surface area (Å²) < 4.78 is 7.27. The van der Waals surface area contributed by atoms with E-state index in [2.05, 4.69) is 24.3 Å². The summed E-state index contributed by atoms with van der Waals surface area (Å²) in [6.07, 6.45) is 4.53. The molecule has 164 valence electrons. The average Bonchev–Trinajstić information content (AvgIpc) is 2.85. The van der Waals surface area contributed by atoms with Gasteiger partial charge in [0.25, 0.3) is 5.56 Å². The quantitative estimate of drug-likeness (QED) is 0.487. The van der Waals surface area contributed by atoms with Crippen LogP contribution in [0.2, 0.25) is 0 Å². The molecular weight excluding hydrogens is 398 g/mol. The van der Waals surface area contributed by atoms with Gasteiger partial charge in [-0.25, -0.2) is 4.98 Å². The van der Waals surface area contributed by atoms with Crippen molar-refractivity contribution < 1.29 is 4.74 Å². The van der Waals surface area contributed by atoms with E-state index in [1.165, 1.54) is 12.8 Å². The SMILES string of the molecule is COc1ccc2nc(-c3cccc4ccccc34)n(CC3CCCC(CN)C3)c(=O)c2c1. The van der Waals surface area contributed by atoms with E-state index in [0.717, 1.165) is 41.5 Å². The summed E-state index contributed by atoms with van der Waals surface area (Å²) in [6, 6.07) is 20.0. The molecule has 0 saturated heterocycles. The minimum atomic E-state index is -0.00768. The zero-order chi connectivity index (χ0) is 22.1. The molecule has 5 nitrogen and oxygen atoms in total. The number of aromatic nitrogens is 2. The standard InChI is InChI=1S/C27H29N3O2/c1-32-21-12-13-25-24(15-21)27(31)30(17-19-7-4-6-18(14-19)16-28)26(29-25)23-11-5-9-20-8-2-3-10-22(20)23/h2-3,5,8-13,15,18-19H,4,6-7,14,16-17,28H2,1H3. The number of benzene rings is 3. The normalized spacial score (nSPS) is 18.8. The van der Waals surface area contributed by atoms with Crippen LogP contribution < -0.4 is 16.0 Å². The van der Waals surface area contributed by atoms with Crippen molar-refractivity contribution >= 4 is 21.7 Å². The third-order valence-electron chi connectivity index (χ3n) is 6.86. The molecule has 1 fully saturated rings. The van der Waals surface area contributed by atoms with Gasteiger partial charge in [-0.05, 0) is 66.6 Å². The van der Waals surface area contributed by atoms with Crippen LogP contribution >= 0.6 is 0 Å². The van der Waals surface area contributed by atoms with Crippen molar-refractivity contribution in [1.82, 2.24) is 9.55 Å². The smallest absolute Gasteiger partial charge is 0.261 e. The molecule has 32 heavy (non-hydrogen) atoms. The van der Waals surface area contributed by atoms with Gasteiger partial charge in [0.2, 0.25) is 0 Å². The van der Waals surface area contributed by atoms with Crippen LogP contribution in [0.4, 0.5) is 0 Å². The maximum Gasteiger partial charge on any atom is 0.261 e. The fraction of sp³-hybridized carbons (Fsp3) is 0.333. The van der Waals surface area contributed by atoms with Crippen LogP contribution in [0.15, 0.2) is 65.5 Å². The summed E-state index contributed by atoms with van der Waals surface area (Å²) in [5.74, 6) is 2.37. The Morgan fingerprint density at radius 3 is 2.69 bits per heavy atom. The molecule has 0 amide bonds. The second kappa shape index (κ2) is 8.75. The Hall–Kier alpha value is -3.18. The molecule has 1 heterocycles. The second-order valence-corrected chi connectivity index (χ2v) is 8.90. The highest BCUT2D eigenvalue weighted by atomic mass is 16.5. The monoisotopic (exact) mass is 427 g/mol. The number of nitrogens with two attached hydrogens (primary N) is 1. The maximum atomic E-state index is 13.8. The first-order valence-corrected chi connectivity index (χ1v) is 11.4. The number of hydrogen-bond acceptors (Lipinski definition) is 4. The molecule has 0 bridgehead atoms. The molecule has 1 aliphatic carbocycles. The van der Waals surface area contributed by atoms with Crippen LogP contribution in [0.5, 0.6) is 5.75 Å². The number of ether oxygens (including phenoxy) is 1. The van der Waals surface area contributed by atoms with E-state index in [1.54, 1.807) is 13.2 Å². The highest BCUT2D eigenvalue weighted by Gasteiger charge is 2.24. The summed E-state index contributed by atoms with van der Waals surface area (Å²) in [7, 11) is 1.62. The highest BCUT2D eigenvalue weighted by Crippen LogP contribution is 2.32. The van der Waals surface area contributed by atoms with Gasteiger partial charge >= 0.3 is 0 Å². The van der Waals surface area contributed by atoms with Crippen LogP contribution in [0, 0.1) is 11.8 Å². The molecule has 5 rings (SSSR count). The fourth-order valence-corrected chi connectivity index (χ4v) is 5.16. The van der Waals surface area contributed by atoms with Gasteiger partial charge in [-0.2, -0.15) is 0 Å². The van der Waals surface area contributed by atoms with E-state index in [4.69, 9.17) is 15.5 Å². The third-order valence-corrected chi connectivity index (χ3v) is 6.86. The largest absolute Gasteiger partial charge is 0.497 e. The van der Waals surface area contributed by atoms with Crippen LogP contribution in [-0.2, 0) is 6.54 Å². The summed E-state index contributed by atoms with van der Waals surface area (Å²) in [4.78, 5) is 18.8. The Kier molecular flexibility index (Phi) is 5.66. The summed E-state index contributed by atoms with van der Waals surface area (Å²) in [5, 5.41) is 2.84. The van der Waals surface area contributed by atoms with Crippen molar-refractivity contribution in [2.24, 2.45) is 17.6 Å². The van der Waals surface area contributed by atoms with Gasteiger partial charge < -0.3 is 10.5 Å². The molecule has 2 N–H and O–H groups in total. The Bertz CT molecular complexity index is 1320. The molecule has 0 radical (unpaired) electrons. The van der Waals surface area contributed by atoms with Gasteiger partial charge in [-0.3, -0.25) is 9.36 Å².